The number of rotatable bonds is 5. The van der Waals surface area contributed by atoms with Crippen LogP contribution in [0.2, 0.25) is 10.0 Å². The first-order valence-corrected chi connectivity index (χ1v) is 10.9. The first-order chi connectivity index (χ1) is 13.4. The van der Waals surface area contributed by atoms with Gasteiger partial charge in [0, 0.05) is 23.1 Å². The lowest BCUT2D eigenvalue weighted by molar-refractivity contribution is -0.128. The summed E-state index contributed by atoms with van der Waals surface area (Å²) in [5.41, 5.74) is 1.28. The molecule has 5 nitrogen and oxygen atoms in total. The molecule has 3 rings (SSSR count). The number of benzene rings is 2. The van der Waals surface area contributed by atoms with Gasteiger partial charge in [-0.05, 0) is 49.4 Å². The van der Waals surface area contributed by atoms with Crippen LogP contribution in [0.1, 0.15) is 13.3 Å². The van der Waals surface area contributed by atoms with E-state index in [1.165, 1.54) is 11.8 Å². The molecule has 2 aromatic carbocycles. The number of carbonyl (C=O) groups excluding carboxylic acids is 2. The molecule has 0 aromatic heterocycles. The topological polar surface area (TPSA) is 61.8 Å². The van der Waals surface area contributed by atoms with Gasteiger partial charge >= 0.3 is 0 Å². The Morgan fingerprint density at radius 1 is 1.21 bits per heavy atom. The van der Waals surface area contributed by atoms with Crippen molar-refractivity contribution in [3.63, 3.8) is 0 Å². The van der Waals surface area contributed by atoms with Gasteiger partial charge in [0.05, 0.1) is 15.7 Å². The van der Waals surface area contributed by atoms with E-state index in [2.05, 4.69) is 26.2 Å². The summed E-state index contributed by atoms with van der Waals surface area (Å²) in [6, 6.07) is 12.3. The molecule has 9 heteroatoms. The molecule has 28 heavy (non-hydrogen) atoms. The van der Waals surface area contributed by atoms with Crippen molar-refractivity contribution in [2.75, 3.05) is 11.9 Å². The molecule has 1 saturated heterocycles. The molecule has 2 amide bonds. The first-order valence-electron chi connectivity index (χ1n) is 8.44. The maximum atomic E-state index is 12.7. The highest BCUT2D eigenvalue weighted by atomic mass is 79.9. The van der Waals surface area contributed by atoms with Gasteiger partial charge in [-0.3, -0.25) is 14.5 Å². The van der Waals surface area contributed by atoms with Crippen LogP contribution in [0.5, 0.6) is 0 Å². The van der Waals surface area contributed by atoms with Gasteiger partial charge in [0.15, 0.2) is 5.17 Å². The third-order valence-electron chi connectivity index (χ3n) is 3.96. The van der Waals surface area contributed by atoms with E-state index in [-0.39, 0.29) is 18.2 Å². The Bertz CT molecular complexity index is 937. The van der Waals surface area contributed by atoms with Gasteiger partial charge < -0.3 is 5.32 Å². The van der Waals surface area contributed by atoms with Gasteiger partial charge in [-0.2, -0.15) is 0 Å². The molecule has 1 N–H and O–H groups in total. The van der Waals surface area contributed by atoms with Gasteiger partial charge in [0.1, 0.15) is 5.25 Å². The maximum absolute atomic E-state index is 12.7. The molecule has 0 radical (unpaired) electrons. The molecule has 1 heterocycles. The summed E-state index contributed by atoms with van der Waals surface area (Å²) in [7, 11) is 0. The van der Waals surface area contributed by atoms with Crippen LogP contribution < -0.4 is 5.32 Å². The number of nitrogens with zero attached hydrogens (tertiary/aromatic N) is 2. The number of hydrogen-bond acceptors (Lipinski definition) is 4. The Morgan fingerprint density at radius 3 is 2.57 bits per heavy atom. The number of aliphatic imine (C=N–C) groups is 1. The number of thioether (sulfide) groups is 1. The number of amidine groups is 1. The highest BCUT2D eigenvalue weighted by Gasteiger charge is 2.38. The number of carbonyl (C=O) groups is 2. The summed E-state index contributed by atoms with van der Waals surface area (Å²) in [4.78, 5) is 31.1. The molecular weight excluding hydrogens is 485 g/mol. The fraction of sp³-hybridized carbons (Fsp3) is 0.211. The average molecular weight is 501 g/mol. The van der Waals surface area contributed by atoms with E-state index in [4.69, 9.17) is 23.2 Å². The highest BCUT2D eigenvalue weighted by molar-refractivity contribution is 9.10. The molecule has 1 aliphatic heterocycles. The summed E-state index contributed by atoms with van der Waals surface area (Å²) < 4.78 is 0.925. The van der Waals surface area contributed by atoms with Crippen molar-refractivity contribution in [2.45, 2.75) is 18.6 Å². The molecule has 0 spiro atoms. The van der Waals surface area contributed by atoms with Crippen LogP contribution in [0.25, 0.3) is 0 Å². The third kappa shape index (κ3) is 5.08. The highest BCUT2D eigenvalue weighted by Crippen LogP contribution is 2.33. The minimum atomic E-state index is -0.517. The number of hydrogen-bond donors (Lipinski definition) is 1. The summed E-state index contributed by atoms with van der Waals surface area (Å²) in [5.74, 6) is -0.350. The van der Waals surface area contributed by atoms with E-state index in [1.807, 2.05) is 19.1 Å². The standard InChI is InChI=1S/C19H16BrCl2N3O2S/c1-2-25-18(27)16(10-17(26)23-12-5-3-11(20)4-6-12)28-19(25)24-13-7-8-14(21)15(22)9-13/h3-9,16H,2,10H2,1H3,(H,23,26)/t16-/m1/s1. The zero-order valence-electron chi connectivity index (χ0n) is 14.8. The van der Waals surface area contributed by atoms with Gasteiger partial charge in [-0.25, -0.2) is 4.99 Å². The second-order valence-corrected chi connectivity index (χ2v) is 8.84. The zero-order valence-corrected chi connectivity index (χ0v) is 18.7. The summed E-state index contributed by atoms with van der Waals surface area (Å²) in [6.07, 6.45) is 0.0659. The molecular formula is C19H16BrCl2N3O2S. The fourth-order valence-corrected chi connectivity index (χ4v) is 4.37. The largest absolute Gasteiger partial charge is 0.326 e. The van der Waals surface area contributed by atoms with Crippen molar-refractivity contribution in [1.29, 1.82) is 0 Å². The molecule has 0 bridgehead atoms. The Labute approximate surface area is 185 Å². The summed E-state index contributed by atoms with van der Waals surface area (Å²) >= 11 is 16.6. The molecule has 1 fully saturated rings. The van der Waals surface area contributed by atoms with Crippen molar-refractivity contribution in [3.05, 3.63) is 57.0 Å². The Balaban J connectivity index is 1.71. The fourth-order valence-electron chi connectivity index (χ4n) is 2.59. The quantitative estimate of drug-likeness (QED) is 0.569. The van der Waals surface area contributed by atoms with Crippen LogP contribution in [-0.4, -0.2) is 33.7 Å². The van der Waals surface area contributed by atoms with Crippen LogP contribution in [0.15, 0.2) is 51.9 Å². The molecule has 1 atom stereocenters. The predicted octanol–water partition coefficient (Wildman–Crippen LogP) is 5.74. The van der Waals surface area contributed by atoms with Crippen LogP contribution in [-0.2, 0) is 9.59 Å². The lowest BCUT2D eigenvalue weighted by atomic mass is 10.2. The van der Waals surface area contributed by atoms with Gasteiger partial charge in [0.25, 0.3) is 0 Å². The lowest BCUT2D eigenvalue weighted by Gasteiger charge is -2.13. The van der Waals surface area contributed by atoms with E-state index in [1.54, 1.807) is 35.2 Å². The van der Waals surface area contributed by atoms with E-state index in [9.17, 15) is 9.59 Å². The second kappa shape index (κ2) is 9.31. The second-order valence-electron chi connectivity index (χ2n) is 5.94. The van der Waals surface area contributed by atoms with E-state index >= 15 is 0 Å². The Kier molecular flexibility index (Phi) is 7.04. The van der Waals surface area contributed by atoms with Crippen LogP contribution in [0.3, 0.4) is 0 Å². The van der Waals surface area contributed by atoms with E-state index in [0.717, 1.165) is 4.47 Å². The summed E-state index contributed by atoms with van der Waals surface area (Å²) in [5, 5.41) is 3.68. The van der Waals surface area contributed by atoms with Crippen molar-refractivity contribution >= 4 is 79.3 Å². The molecule has 0 saturated carbocycles. The third-order valence-corrected chi connectivity index (χ3v) is 6.41. The van der Waals surface area contributed by atoms with Crippen molar-refractivity contribution < 1.29 is 9.59 Å². The molecule has 1 aliphatic rings. The predicted molar refractivity (Wildman–Crippen MR) is 120 cm³/mol. The van der Waals surface area contributed by atoms with Crippen molar-refractivity contribution in [1.82, 2.24) is 4.90 Å². The normalized spacial score (nSPS) is 18.0. The number of amides is 2. The van der Waals surface area contributed by atoms with Gasteiger partial charge in [-0.15, -0.1) is 0 Å². The van der Waals surface area contributed by atoms with Crippen molar-refractivity contribution in [3.8, 4) is 0 Å². The van der Waals surface area contributed by atoms with E-state index < -0.39 is 5.25 Å². The molecule has 146 valence electrons. The SMILES string of the molecule is CCN1C(=O)[C@@H](CC(=O)Nc2ccc(Br)cc2)SC1=Nc1ccc(Cl)c(Cl)c1. The Hall–Kier alpha value is -1.54. The lowest BCUT2D eigenvalue weighted by Crippen LogP contribution is -2.33. The first kappa shape index (κ1) is 21.2. The summed E-state index contributed by atoms with van der Waals surface area (Å²) in [6.45, 7) is 2.34. The minimum Gasteiger partial charge on any atom is -0.326 e. The number of nitrogens with one attached hydrogen (secondary N) is 1. The van der Waals surface area contributed by atoms with Crippen molar-refractivity contribution in [2.24, 2.45) is 4.99 Å². The number of halogens is 3. The van der Waals surface area contributed by atoms with Crippen LogP contribution in [0, 0.1) is 0 Å². The van der Waals surface area contributed by atoms with Gasteiger partial charge in [-0.1, -0.05) is 50.9 Å². The molecule has 2 aromatic rings. The maximum Gasteiger partial charge on any atom is 0.242 e. The monoisotopic (exact) mass is 499 g/mol. The van der Waals surface area contributed by atoms with Crippen LogP contribution in [0.4, 0.5) is 11.4 Å². The van der Waals surface area contributed by atoms with Crippen LogP contribution >= 0.6 is 50.9 Å². The van der Waals surface area contributed by atoms with Gasteiger partial charge in [0.2, 0.25) is 11.8 Å². The average Bonchev–Trinajstić information content (AvgIpc) is 2.94. The Morgan fingerprint density at radius 2 is 1.93 bits per heavy atom. The molecule has 0 aliphatic carbocycles. The molecule has 0 unspecified atom stereocenters. The number of anilines is 1. The smallest absolute Gasteiger partial charge is 0.242 e. The minimum absolute atomic E-state index is 0.0659. The van der Waals surface area contributed by atoms with E-state index in [0.29, 0.717) is 33.1 Å². The zero-order chi connectivity index (χ0) is 20.3.